The minimum atomic E-state index is -4.44. The predicted octanol–water partition coefficient (Wildman–Crippen LogP) is 2.28. The molecule has 0 radical (unpaired) electrons. The maximum Gasteiger partial charge on any atom is 0.405 e. The number of nitrogens with two attached hydrogens (primary N) is 1. The molecule has 12 heteroatoms. The number of hydrazone groups is 1. The first-order chi connectivity index (χ1) is 13.5. The third-order valence-electron chi connectivity index (χ3n) is 4.49. The van der Waals surface area contributed by atoms with E-state index in [4.69, 9.17) is 5.84 Å². The highest BCUT2D eigenvalue weighted by Crippen LogP contribution is 2.31. The van der Waals surface area contributed by atoms with Crippen molar-refractivity contribution in [3.63, 3.8) is 0 Å². The monoisotopic (exact) mass is 425 g/mol. The topological polar surface area (TPSA) is 74.0 Å². The lowest BCUT2D eigenvalue weighted by atomic mass is 9.99. The van der Waals surface area contributed by atoms with Crippen molar-refractivity contribution >= 4 is 11.7 Å². The molecule has 6 nitrogen and oxygen atoms in total. The Morgan fingerprint density at radius 2 is 2.07 bits per heavy atom. The summed E-state index contributed by atoms with van der Waals surface area (Å²) in [5.74, 6) is 2.60. The van der Waals surface area contributed by atoms with Gasteiger partial charge in [-0.05, 0) is 11.6 Å². The van der Waals surface area contributed by atoms with Gasteiger partial charge >= 0.3 is 6.18 Å². The zero-order chi connectivity index (χ0) is 21.8. The zero-order valence-corrected chi connectivity index (χ0v) is 15.6. The molecule has 1 unspecified atom stereocenters. The lowest BCUT2D eigenvalue weighted by Gasteiger charge is -2.36. The van der Waals surface area contributed by atoms with Crippen LogP contribution in [0, 0.1) is 0 Å². The summed E-state index contributed by atoms with van der Waals surface area (Å²) in [6, 6.07) is 0. The normalized spacial score (nSPS) is 22.9. The molecule has 0 saturated carbocycles. The van der Waals surface area contributed by atoms with Gasteiger partial charge in [0.25, 0.3) is 0 Å². The van der Waals surface area contributed by atoms with Gasteiger partial charge in [0.1, 0.15) is 24.0 Å². The van der Waals surface area contributed by atoms with Crippen molar-refractivity contribution in [1.82, 2.24) is 15.1 Å². The van der Waals surface area contributed by atoms with Gasteiger partial charge in [-0.15, -0.1) is 0 Å². The summed E-state index contributed by atoms with van der Waals surface area (Å²) in [6.07, 6.45) is -5.47. The maximum absolute atomic E-state index is 13.9. The van der Waals surface area contributed by atoms with Crippen LogP contribution in [0.4, 0.5) is 26.3 Å². The number of nitrogens with one attached hydrogen (secondary N) is 1. The van der Waals surface area contributed by atoms with Gasteiger partial charge in [0.05, 0.1) is 6.54 Å². The lowest BCUT2D eigenvalue weighted by Crippen LogP contribution is -2.54. The van der Waals surface area contributed by atoms with Crippen molar-refractivity contribution in [3.8, 4) is 0 Å². The average Bonchev–Trinajstić information content (AvgIpc) is 2.64. The summed E-state index contributed by atoms with van der Waals surface area (Å²) in [4.78, 5) is 14.6. The highest BCUT2D eigenvalue weighted by Gasteiger charge is 2.35. The molecule has 1 fully saturated rings. The molecular formula is C17H21F6N5O. The number of hydrogen-bond donors (Lipinski definition) is 2. The van der Waals surface area contributed by atoms with Gasteiger partial charge in [-0.1, -0.05) is 0 Å². The van der Waals surface area contributed by atoms with E-state index in [0.29, 0.717) is 0 Å². The molecule has 2 rings (SSSR count). The molecule has 1 aliphatic heterocycles. The van der Waals surface area contributed by atoms with Gasteiger partial charge in [0.15, 0.2) is 6.17 Å². The molecule has 0 aromatic carbocycles. The van der Waals surface area contributed by atoms with E-state index in [1.807, 2.05) is 0 Å². The maximum atomic E-state index is 13.9. The Bertz CT molecular complexity index is 758. The van der Waals surface area contributed by atoms with Crippen LogP contribution in [0.1, 0.15) is 12.8 Å². The number of piperazine rings is 1. The van der Waals surface area contributed by atoms with Crippen LogP contribution in [-0.2, 0) is 4.79 Å². The molecule has 0 bridgehead atoms. The predicted molar refractivity (Wildman–Crippen MR) is 94.4 cm³/mol. The number of allylic oxidation sites excluding steroid dienone is 4. The minimum Gasteiger partial charge on any atom is -0.391 e. The molecule has 1 aliphatic carbocycles. The molecule has 162 valence electrons. The second-order valence-corrected chi connectivity index (χ2v) is 6.57. The minimum absolute atomic E-state index is 0.00343. The van der Waals surface area contributed by atoms with Crippen molar-refractivity contribution in [1.29, 1.82) is 0 Å². The number of alkyl halides is 4. The van der Waals surface area contributed by atoms with Gasteiger partial charge in [-0.3, -0.25) is 4.79 Å². The van der Waals surface area contributed by atoms with Crippen molar-refractivity contribution in [2.24, 2.45) is 10.9 Å². The zero-order valence-electron chi connectivity index (χ0n) is 15.6. The van der Waals surface area contributed by atoms with E-state index in [-0.39, 0.29) is 43.2 Å². The second kappa shape index (κ2) is 9.23. The van der Waals surface area contributed by atoms with Crippen LogP contribution < -0.4 is 11.2 Å². The summed E-state index contributed by atoms with van der Waals surface area (Å²) < 4.78 is 78.3. The number of carbonyl (C=O) groups is 1. The molecule has 3 N–H and O–H groups in total. The van der Waals surface area contributed by atoms with Crippen LogP contribution in [0.2, 0.25) is 0 Å². The van der Waals surface area contributed by atoms with E-state index in [9.17, 15) is 31.1 Å². The van der Waals surface area contributed by atoms with E-state index in [0.717, 1.165) is 17.1 Å². The van der Waals surface area contributed by atoms with Crippen molar-refractivity contribution in [3.05, 3.63) is 35.1 Å². The average molecular weight is 425 g/mol. The molecule has 1 heterocycles. The quantitative estimate of drug-likeness (QED) is 0.307. The van der Waals surface area contributed by atoms with Crippen LogP contribution in [0.25, 0.3) is 0 Å². The first kappa shape index (κ1) is 22.6. The Morgan fingerprint density at radius 3 is 2.66 bits per heavy atom. The number of amides is 1. The van der Waals surface area contributed by atoms with Gasteiger partial charge < -0.3 is 21.0 Å². The molecule has 2 aliphatic rings. The molecule has 0 aromatic rings. The summed E-state index contributed by atoms with van der Waals surface area (Å²) in [5.41, 5.74) is 0.134. The second-order valence-electron chi connectivity index (χ2n) is 6.57. The lowest BCUT2D eigenvalue weighted by molar-refractivity contribution is -0.140. The van der Waals surface area contributed by atoms with Crippen LogP contribution in [-0.4, -0.2) is 67.1 Å². The molecule has 0 spiro atoms. The number of nitrogens with zero attached hydrogens (tertiary/aromatic N) is 3. The van der Waals surface area contributed by atoms with E-state index < -0.39 is 42.9 Å². The largest absolute Gasteiger partial charge is 0.405 e. The number of rotatable bonds is 5. The van der Waals surface area contributed by atoms with Gasteiger partial charge in [0.2, 0.25) is 5.91 Å². The van der Waals surface area contributed by atoms with Crippen molar-refractivity contribution in [2.75, 3.05) is 33.2 Å². The van der Waals surface area contributed by atoms with E-state index in [2.05, 4.69) is 10.4 Å². The van der Waals surface area contributed by atoms with E-state index >= 15 is 0 Å². The summed E-state index contributed by atoms with van der Waals surface area (Å²) in [6.45, 7) is -1.58. The summed E-state index contributed by atoms with van der Waals surface area (Å²) in [7, 11) is 1.46. The fourth-order valence-corrected chi connectivity index (χ4v) is 2.94. The van der Waals surface area contributed by atoms with Gasteiger partial charge in [-0.2, -0.15) is 18.3 Å². The van der Waals surface area contributed by atoms with Gasteiger partial charge in [0, 0.05) is 44.8 Å². The smallest absolute Gasteiger partial charge is 0.391 e. The van der Waals surface area contributed by atoms with Crippen molar-refractivity contribution < 1.29 is 31.1 Å². The number of carbonyl (C=O) groups excluding carboxylic acids is 1. The first-order valence-electron chi connectivity index (χ1n) is 8.68. The number of halogens is 6. The van der Waals surface area contributed by atoms with Crippen LogP contribution in [0.3, 0.4) is 0 Å². The standard InChI is InChI=1S/C17H21F6N5O/c1-25-11(4-10-5-13(19)14(20)7-12(10)18)6-16(29)27-2-3-28(9-17(21,22)23)15(8-27)26-24/h5-6,14,25H,2-4,7-9,24H2,1H3/b11-6-,26-15-. The third-order valence-corrected chi connectivity index (χ3v) is 4.49. The fourth-order valence-electron chi connectivity index (χ4n) is 2.94. The van der Waals surface area contributed by atoms with Crippen molar-refractivity contribution in [2.45, 2.75) is 25.2 Å². The van der Waals surface area contributed by atoms with E-state index in [1.54, 1.807) is 0 Å². The molecule has 29 heavy (non-hydrogen) atoms. The van der Waals surface area contributed by atoms with Gasteiger partial charge in [-0.25, -0.2) is 13.2 Å². The highest BCUT2D eigenvalue weighted by molar-refractivity contribution is 5.94. The Labute approximate surface area is 163 Å². The molecular weight excluding hydrogens is 404 g/mol. The fraction of sp³-hybridized carbons (Fsp3) is 0.529. The number of hydrogen-bond acceptors (Lipinski definition) is 4. The number of amidine groups is 1. The van der Waals surface area contributed by atoms with Crippen LogP contribution >= 0.6 is 0 Å². The third kappa shape index (κ3) is 6.16. The molecule has 1 amide bonds. The molecule has 1 saturated heterocycles. The SMILES string of the molecule is CN/C(=C\C(=O)N1CCN(CC(F)(F)F)/C(=N\N)C1)CC1=C(F)CC(F)C(F)=C1. The molecule has 0 aromatic heterocycles. The van der Waals surface area contributed by atoms with E-state index in [1.165, 1.54) is 11.9 Å². The Hall–Kier alpha value is -2.66. The van der Waals surface area contributed by atoms with Crippen LogP contribution in [0.15, 0.2) is 40.2 Å². The van der Waals surface area contributed by atoms with Crippen LogP contribution in [0.5, 0.6) is 0 Å². The Morgan fingerprint density at radius 1 is 1.38 bits per heavy atom. The summed E-state index contributed by atoms with van der Waals surface area (Å²) >= 11 is 0. The first-order valence-corrected chi connectivity index (χ1v) is 8.68. The Kier molecular flexibility index (Phi) is 7.20. The Balaban J connectivity index is 2.07. The summed E-state index contributed by atoms with van der Waals surface area (Å²) in [5, 5.41) is 6.02. The highest BCUT2D eigenvalue weighted by atomic mass is 19.4. The molecule has 1 atom stereocenters.